The second-order valence-electron chi connectivity index (χ2n) is 1.58. The van der Waals surface area contributed by atoms with Crippen LogP contribution in [0.25, 0.3) is 0 Å². The van der Waals surface area contributed by atoms with Gasteiger partial charge in [-0.2, -0.15) is 5.56 Å². The summed E-state index contributed by atoms with van der Waals surface area (Å²) in [6, 6.07) is 0. The fourth-order valence-electron chi connectivity index (χ4n) is 0.440. The van der Waals surface area contributed by atoms with Gasteiger partial charge >= 0.3 is 46.6 Å². The van der Waals surface area contributed by atoms with Gasteiger partial charge in [-0.25, -0.2) is 14.4 Å². The van der Waals surface area contributed by atoms with Gasteiger partial charge in [-0.1, -0.05) is 0 Å². The summed E-state index contributed by atoms with van der Waals surface area (Å²) in [5, 5.41) is 0. The van der Waals surface area contributed by atoms with Crippen LogP contribution in [0.3, 0.4) is 0 Å². The Kier molecular flexibility index (Phi) is 5.29. The van der Waals surface area contributed by atoms with Crippen molar-refractivity contribution in [3.8, 4) is 0 Å². The van der Waals surface area contributed by atoms with Gasteiger partial charge in [-0.05, 0) is 0 Å². The number of hydrogen-bond donors (Lipinski definition) is 1. The molecule has 0 bridgehead atoms. The van der Waals surface area contributed by atoms with Crippen molar-refractivity contribution in [3.05, 3.63) is 31.5 Å². The summed E-state index contributed by atoms with van der Waals surface area (Å²) in [4.78, 5) is 34.2. The van der Waals surface area contributed by atoms with Crippen LogP contribution in [0.1, 0.15) is 1.43 Å². The fourth-order valence-corrected chi connectivity index (χ4v) is 1.53. The number of nitrogens with one attached hydrogen (secondary N) is 1. The first-order valence-corrected chi connectivity index (χ1v) is 4.27. The standard InChI is InChI=1S/C3HI2N3O3.Na.H/c4-7-1(9)6-2(10)8(5)3(7)11;;/h(H,6,9,10);;/q;+1;-1. The summed E-state index contributed by atoms with van der Waals surface area (Å²) in [6.45, 7) is 0. The summed E-state index contributed by atoms with van der Waals surface area (Å²) >= 11 is 3.01. The number of H-pyrrole nitrogens is 1. The van der Waals surface area contributed by atoms with Crippen molar-refractivity contribution < 1.29 is 31.0 Å². The van der Waals surface area contributed by atoms with E-state index in [0.717, 1.165) is 5.56 Å². The van der Waals surface area contributed by atoms with Crippen molar-refractivity contribution in [1.29, 1.82) is 0 Å². The third kappa shape index (κ3) is 2.43. The second-order valence-corrected chi connectivity index (χ2v) is 3.51. The van der Waals surface area contributed by atoms with Gasteiger partial charge in [-0.3, -0.25) is 4.98 Å². The molecule has 1 rings (SSSR count). The molecule has 0 fully saturated rings. The third-order valence-electron chi connectivity index (χ3n) is 0.906. The van der Waals surface area contributed by atoms with Crippen molar-refractivity contribution >= 4 is 45.7 Å². The van der Waals surface area contributed by atoms with Gasteiger partial charge < -0.3 is 1.43 Å². The number of rotatable bonds is 0. The second kappa shape index (κ2) is 4.93. The van der Waals surface area contributed by atoms with Gasteiger partial charge in [0.25, 0.3) is 0 Å². The molecule has 0 aromatic carbocycles. The van der Waals surface area contributed by atoms with Crippen molar-refractivity contribution in [3.63, 3.8) is 0 Å². The molecule has 0 aliphatic carbocycles. The van der Waals surface area contributed by atoms with E-state index in [4.69, 9.17) is 0 Å². The maximum atomic E-state index is 10.9. The summed E-state index contributed by atoms with van der Waals surface area (Å²) in [5.41, 5.74) is -2.08. The molecule has 0 aliphatic rings. The molecular weight excluding hydrogens is 403 g/mol. The fraction of sp³-hybridized carbons (Fsp3) is 0. The number of nitrogens with zero attached hydrogens (tertiary/aromatic N) is 2. The van der Waals surface area contributed by atoms with Crippen LogP contribution in [0.4, 0.5) is 0 Å². The van der Waals surface area contributed by atoms with Gasteiger partial charge in [0.2, 0.25) is 0 Å². The minimum Gasteiger partial charge on any atom is -1.00 e. The van der Waals surface area contributed by atoms with Gasteiger partial charge in [0.15, 0.2) is 0 Å². The molecule has 0 saturated heterocycles. The number of hydrogen-bond acceptors (Lipinski definition) is 3. The van der Waals surface area contributed by atoms with Crippen LogP contribution < -0.4 is 46.6 Å². The SMILES string of the molecule is O=c1[nH]c(=O)n(I)c(=O)n1I.[H-].[Na+]. The van der Waals surface area contributed by atoms with E-state index in [1.54, 1.807) is 0 Å². The molecule has 0 unspecified atom stereocenters. The first kappa shape index (κ1) is 12.9. The van der Waals surface area contributed by atoms with Crippen LogP contribution in [0.15, 0.2) is 14.4 Å². The van der Waals surface area contributed by atoms with E-state index in [1.807, 2.05) is 4.98 Å². The third-order valence-corrected chi connectivity index (χ3v) is 2.61. The van der Waals surface area contributed by atoms with Crippen molar-refractivity contribution in [2.45, 2.75) is 0 Å². The molecule has 1 aromatic rings. The molecular formula is C3H2I2N3NaO3. The Morgan fingerprint density at radius 3 is 1.75 bits per heavy atom. The zero-order valence-electron chi connectivity index (χ0n) is 6.88. The number of aromatic nitrogens is 3. The molecule has 1 aromatic heterocycles. The molecule has 1 N–H and O–H groups in total. The molecule has 9 heteroatoms. The smallest absolute Gasteiger partial charge is 1.00 e. The van der Waals surface area contributed by atoms with Crippen molar-refractivity contribution in [2.24, 2.45) is 0 Å². The molecule has 62 valence electrons. The first-order chi connectivity index (χ1) is 5.04. The van der Waals surface area contributed by atoms with Crippen molar-refractivity contribution in [2.75, 3.05) is 0 Å². The Bertz CT molecular complexity index is 413. The Morgan fingerprint density at radius 2 is 1.42 bits per heavy atom. The monoisotopic (exact) mass is 405 g/mol. The van der Waals surface area contributed by atoms with E-state index in [1.165, 1.54) is 45.7 Å². The molecule has 12 heavy (non-hydrogen) atoms. The predicted molar refractivity (Wildman–Crippen MR) is 55.5 cm³/mol. The van der Waals surface area contributed by atoms with E-state index in [2.05, 4.69) is 0 Å². The summed E-state index contributed by atoms with van der Waals surface area (Å²) < 4.78 is 1.57. The summed E-state index contributed by atoms with van der Waals surface area (Å²) in [5.74, 6) is 0. The molecule has 0 radical (unpaired) electrons. The minimum atomic E-state index is -0.714. The van der Waals surface area contributed by atoms with Crippen LogP contribution in [0.5, 0.6) is 0 Å². The van der Waals surface area contributed by atoms with Crippen LogP contribution in [-0.2, 0) is 0 Å². The van der Waals surface area contributed by atoms with Crippen LogP contribution in [0, 0.1) is 0 Å². The maximum Gasteiger partial charge on any atom is 1.00 e. The van der Waals surface area contributed by atoms with E-state index in [0.29, 0.717) is 0 Å². The Hall–Kier alpha value is 0.870. The molecule has 0 saturated carbocycles. The van der Waals surface area contributed by atoms with Gasteiger partial charge in [-0.15, -0.1) is 0 Å². The summed E-state index contributed by atoms with van der Waals surface area (Å²) in [6.07, 6.45) is 0. The van der Waals surface area contributed by atoms with E-state index >= 15 is 0 Å². The molecule has 0 amide bonds. The first-order valence-electron chi connectivity index (χ1n) is 2.34. The minimum absolute atomic E-state index is 0. The number of aromatic amines is 1. The average Bonchev–Trinajstić information content (AvgIpc) is 1.97. The number of halogens is 2. The van der Waals surface area contributed by atoms with E-state index in [9.17, 15) is 14.4 Å². The molecule has 6 nitrogen and oxygen atoms in total. The van der Waals surface area contributed by atoms with E-state index in [-0.39, 0.29) is 31.0 Å². The van der Waals surface area contributed by atoms with Crippen LogP contribution in [-0.4, -0.2) is 10.5 Å². The molecule has 1 heterocycles. The zero-order chi connectivity index (χ0) is 8.59. The Morgan fingerprint density at radius 1 is 1.08 bits per heavy atom. The Labute approximate surface area is 117 Å². The molecule has 0 spiro atoms. The largest absolute Gasteiger partial charge is 1.00 e. The van der Waals surface area contributed by atoms with Gasteiger partial charge in [0.05, 0.1) is 45.7 Å². The maximum absolute atomic E-state index is 10.9. The van der Waals surface area contributed by atoms with Crippen LogP contribution in [0.2, 0.25) is 0 Å². The average molecular weight is 405 g/mol. The van der Waals surface area contributed by atoms with Gasteiger partial charge in [0, 0.05) is 0 Å². The van der Waals surface area contributed by atoms with Crippen LogP contribution >= 0.6 is 45.7 Å². The molecule has 0 atom stereocenters. The summed E-state index contributed by atoms with van der Waals surface area (Å²) in [7, 11) is 0. The van der Waals surface area contributed by atoms with E-state index < -0.39 is 17.1 Å². The normalized spacial score (nSPS) is 9.17. The van der Waals surface area contributed by atoms with Crippen molar-refractivity contribution in [1.82, 2.24) is 10.5 Å². The predicted octanol–water partition coefficient (Wildman–Crippen LogP) is -3.79. The topological polar surface area (TPSA) is 76.9 Å². The Balaban J connectivity index is 0. The zero-order valence-corrected chi connectivity index (χ0v) is 12.2. The van der Waals surface area contributed by atoms with Gasteiger partial charge in [0.1, 0.15) is 0 Å². The molecule has 0 aliphatic heterocycles. The quantitative estimate of drug-likeness (QED) is 0.356.